The minimum absolute atomic E-state index is 0.176. The van der Waals surface area contributed by atoms with E-state index in [1.165, 1.54) is 0 Å². The normalized spacial score (nSPS) is 19.8. The highest BCUT2D eigenvalue weighted by Crippen LogP contribution is 2.18. The lowest BCUT2D eigenvalue weighted by atomic mass is 9.89. The molecule has 0 spiro atoms. The van der Waals surface area contributed by atoms with Gasteiger partial charge in [-0.25, -0.2) is 0 Å². The van der Waals surface area contributed by atoms with Gasteiger partial charge in [-0.1, -0.05) is 13.8 Å². The van der Waals surface area contributed by atoms with Gasteiger partial charge in [0.1, 0.15) is 0 Å². The van der Waals surface area contributed by atoms with Gasteiger partial charge in [0, 0.05) is 26.1 Å². The summed E-state index contributed by atoms with van der Waals surface area (Å²) in [5.74, 6) is 0.176. The van der Waals surface area contributed by atoms with Crippen molar-refractivity contribution in [3.8, 4) is 0 Å². The zero-order valence-corrected chi connectivity index (χ0v) is 9.88. The van der Waals surface area contributed by atoms with Gasteiger partial charge in [-0.15, -0.1) is 0 Å². The van der Waals surface area contributed by atoms with E-state index in [0.29, 0.717) is 6.42 Å². The zero-order chi connectivity index (χ0) is 11.3. The summed E-state index contributed by atoms with van der Waals surface area (Å²) >= 11 is 0. The SMILES string of the molecule is CC(C)(CN)CCN1CCNC(=O)CC1. The molecule has 88 valence electrons. The van der Waals surface area contributed by atoms with Gasteiger partial charge in [-0.2, -0.15) is 0 Å². The van der Waals surface area contributed by atoms with Gasteiger partial charge in [-0.05, 0) is 24.9 Å². The zero-order valence-electron chi connectivity index (χ0n) is 9.88. The Kier molecular flexibility index (Phi) is 4.54. The van der Waals surface area contributed by atoms with Gasteiger partial charge < -0.3 is 16.0 Å². The molecule has 1 heterocycles. The van der Waals surface area contributed by atoms with E-state index in [0.717, 1.165) is 39.1 Å². The molecular formula is C11H23N3O. The standard InChI is InChI=1S/C11H23N3O/c1-11(2,9-12)4-7-14-6-3-10(15)13-5-8-14/h3-9,12H2,1-2H3,(H,13,15). The maximum absolute atomic E-state index is 11.1. The molecule has 0 radical (unpaired) electrons. The first-order chi connectivity index (χ1) is 7.03. The number of nitrogens with two attached hydrogens (primary N) is 1. The Balaban J connectivity index is 2.29. The molecule has 1 aliphatic heterocycles. The number of amides is 1. The lowest BCUT2D eigenvalue weighted by Gasteiger charge is -2.27. The topological polar surface area (TPSA) is 58.4 Å². The van der Waals surface area contributed by atoms with Crippen LogP contribution in [0.5, 0.6) is 0 Å². The fourth-order valence-electron chi connectivity index (χ4n) is 1.60. The smallest absolute Gasteiger partial charge is 0.221 e. The van der Waals surface area contributed by atoms with E-state index in [1.54, 1.807) is 0 Å². The first-order valence-corrected chi connectivity index (χ1v) is 5.73. The van der Waals surface area contributed by atoms with Crippen LogP contribution in [0.2, 0.25) is 0 Å². The van der Waals surface area contributed by atoms with Gasteiger partial charge >= 0.3 is 0 Å². The minimum atomic E-state index is 0.176. The summed E-state index contributed by atoms with van der Waals surface area (Å²) in [6.45, 7) is 8.76. The third kappa shape index (κ3) is 4.62. The molecule has 0 aliphatic carbocycles. The molecule has 0 unspecified atom stereocenters. The number of carbonyl (C=O) groups is 1. The second-order valence-corrected chi connectivity index (χ2v) is 5.06. The van der Waals surface area contributed by atoms with Crippen LogP contribution in [0.3, 0.4) is 0 Å². The number of hydrogen-bond acceptors (Lipinski definition) is 3. The predicted octanol–water partition coefficient (Wildman–Crippen LogP) is 0.183. The molecule has 0 aromatic rings. The predicted molar refractivity (Wildman–Crippen MR) is 61.5 cm³/mol. The molecule has 0 saturated carbocycles. The highest BCUT2D eigenvalue weighted by molar-refractivity contribution is 5.76. The van der Waals surface area contributed by atoms with Gasteiger partial charge in [-0.3, -0.25) is 4.79 Å². The number of nitrogens with zero attached hydrogens (tertiary/aromatic N) is 1. The molecule has 1 amide bonds. The molecule has 0 atom stereocenters. The van der Waals surface area contributed by atoms with Crippen LogP contribution in [0.25, 0.3) is 0 Å². The van der Waals surface area contributed by atoms with E-state index in [4.69, 9.17) is 5.73 Å². The lowest BCUT2D eigenvalue weighted by molar-refractivity contribution is -0.120. The van der Waals surface area contributed by atoms with Crippen molar-refractivity contribution >= 4 is 5.91 Å². The molecule has 4 nitrogen and oxygen atoms in total. The Morgan fingerprint density at radius 2 is 2.20 bits per heavy atom. The fourth-order valence-corrected chi connectivity index (χ4v) is 1.60. The van der Waals surface area contributed by atoms with E-state index >= 15 is 0 Å². The Hall–Kier alpha value is -0.610. The van der Waals surface area contributed by atoms with Gasteiger partial charge in [0.25, 0.3) is 0 Å². The molecule has 0 aromatic carbocycles. The Labute approximate surface area is 92.2 Å². The van der Waals surface area contributed by atoms with Crippen LogP contribution in [0, 0.1) is 5.41 Å². The van der Waals surface area contributed by atoms with E-state index in [-0.39, 0.29) is 11.3 Å². The molecule has 1 fully saturated rings. The summed E-state index contributed by atoms with van der Waals surface area (Å²) in [6.07, 6.45) is 1.72. The van der Waals surface area contributed by atoms with Gasteiger partial charge in [0.15, 0.2) is 0 Å². The summed E-state index contributed by atoms with van der Waals surface area (Å²) in [6, 6.07) is 0. The summed E-state index contributed by atoms with van der Waals surface area (Å²) in [4.78, 5) is 13.5. The van der Waals surface area contributed by atoms with Crippen molar-refractivity contribution in [1.29, 1.82) is 0 Å². The van der Waals surface area contributed by atoms with E-state index < -0.39 is 0 Å². The monoisotopic (exact) mass is 213 g/mol. The van der Waals surface area contributed by atoms with Gasteiger partial charge in [0.2, 0.25) is 5.91 Å². The third-order valence-electron chi connectivity index (χ3n) is 3.06. The largest absolute Gasteiger partial charge is 0.355 e. The van der Waals surface area contributed by atoms with Crippen molar-refractivity contribution in [2.45, 2.75) is 26.7 Å². The Morgan fingerprint density at radius 3 is 2.87 bits per heavy atom. The van der Waals surface area contributed by atoms with Crippen LogP contribution >= 0.6 is 0 Å². The molecule has 1 aliphatic rings. The minimum Gasteiger partial charge on any atom is -0.355 e. The molecule has 4 heteroatoms. The summed E-state index contributed by atoms with van der Waals surface area (Å²) in [5, 5.41) is 2.88. The lowest BCUT2D eigenvalue weighted by Crippen LogP contribution is -2.34. The second kappa shape index (κ2) is 5.47. The summed E-state index contributed by atoms with van der Waals surface area (Å²) in [5.41, 5.74) is 5.90. The maximum atomic E-state index is 11.1. The summed E-state index contributed by atoms with van der Waals surface area (Å²) < 4.78 is 0. The molecule has 1 saturated heterocycles. The van der Waals surface area contributed by atoms with Crippen molar-refractivity contribution in [3.63, 3.8) is 0 Å². The average Bonchev–Trinajstić information content (AvgIpc) is 2.40. The fraction of sp³-hybridized carbons (Fsp3) is 0.909. The molecular weight excluding hydrogens is 190 g/mol. The Morgan fingerprint density at radius 1 is 1.47 bits per heavy atom. The highest BCUT2D eigenvalue weighted by Gasteiger charge is 2.19. The number of carbonyl (C=O) groups excluding carboxylic acids is 1. The number of nitrogens with one attached hydrogen (secondary N) is 1. The van der Waals surface area contributed by atoms with E-state index in [2.05, 4.69) is 24.1 Å². The average molecular weight is 213 g/mol. The van der Waals surface area contributed by atoms with E-state index in [9.17, 15) is 4.79 Å². The first kappa shape index (κ1) is 12.5. The molecule has 1 rings (SSSR count). The van der Waals surface area contributed by atoms with Crippen LogP contribution in [-0.2, 0) is 4.79 Å². The maximum Gasteiger partial charge on any atom is 0.221 e. The Bertz CT molecular complexity index is 216. The van der Waals surface area contributed by atoms with Crippen molar-refractivity contribution in [2.24, 2.45) is 11.1 Å². The third-order valence-corrected chi connectivity index (χ3v) is 3.06. The number of rotatable bonds is 4. The number of hydrogen-bond donors (Lipinski definition) is 2. The van der Waals surface area contributed by atoms with Crippen LogP contribution in [0.1, 0.15) is 26.7 Å². The van der Waals surface area contributed by atoms with Crippen LogP contribution < -0.4 is 11.1 Å². The molecule has 0 aromatic heterocycles. The van der Waals surface area contributed by atoms with Crippen molar-refractivity contribution in [3.05, 3.63) is 0 Å². The van der Waals surface area contributed by atoms with E-state index in [1.807, 2.05) is 0 Å². The van der Waals surface area contributed by atoms with Crippen LogP contribution in [0.15, 0.2) is 0 Å². The van der Waals surface area contributed by atoms with Crippen molar-refractivity contribution in [1.82, 2.24) is 10.2 Å². The van der Waals surface area contributed by atoms with Gasteiger partial charge in [0.05, 0.1) is 0 Å². The van der Waals surface area contributed by atoms with Crippen LogP contribution in [-0.4, -0.2) is 43.5 Å². The quantitative estimate of drug-likeness (QED) is 0.700. The summed E-state index contributed by atoms with van der Waals surface area (Å²) in [7, 11) is 0. The highest BCUT2D eigenvalue weighted by atomic mass is 16.1. The first-order valence-electron chi connectivity index (χ1n) is 5.73. The van der Waals surface area contributed by atoms with Crippen molar-refractivity contribution in [2.75, 3.05) is 32.7 Å². The van der Waals surface area contributed by atoms with Crippen molar-refractivity contribution < 1.29 is 4.79 Å². The molecule has 0 bridgehead atoms. The molecule has 3 N–H and O–H groups in total. The second-order valence-electron chi connectivity index (χ2n) is 5.06. The molecule has 15 heavy (non-hydrogen) atoms. The van der Waals surface area contributed by atoms with Crippen LogP contribution in [0.4, 0.5) is 0 Å².